The SMILES string of the molecule is CC(C)NC(=O)C(=O)NNC(=O)CNC(=O)c1sc2ccccc2c1Cl. The zero-order chi connectivity index (χ0) is 19.3. The van der Waals surface area contributed by atoms with E-state index in [9.17, 15) is 19.2 Å². The van der Waals surface area contributed by atoms with E-state index in [1.165, 1.54) is 11.3 Å². The first-order valence-corrected chi connectivity index (χ1v) is 8.84. The number of carbonyl (C=O) groups is 4. The van der Waals surface area contributed by atoms with Gasteiger partial charge in [0.1, 0.15) is 4.88 Å². The first-order valence-electron chi connectivity index (χ1n) is 7.64. The number of benzene rings is 1. The maximum atomic E-state index is 12.2. The van der Waals surface area contributed by atoms with Gasteiger partial charge in [-0.2, -0.15) is 0 Å². The molecule has 26 heavy (non-hydrogen) atoms. The van der Waals surface area contributed by atoms with Crippen LogP contribution in [0.4, 0.5) is 0 Å². The molecular weight excluding hydrogens is 380 g/mol. The summed E-state index contributed by atoms with van der Waals surface area (Å²) >= 11 is 7.41. The van der Waals surface area contributed by atoms with E-state index in [1.54, 1.807) is 19.9 Å². The second-order valence-electron chi connectivity index (χ2n) is 5.55. The second-order valence-corrected chi connectivity index (χ2v) is 6.98. The van der Waals surface area contributed by atoms with Crippen molar-refractivity contribution < 1.29 is 19.2 Å². The van der Waals surface area contributed by atoms with Gasteiger partial charge in [0.05, 0.1) is 11.6 Å². The van der Waals surface area contributed by atoms with Gasteiger partial charge in [0.2, 0.25) is 0 Å². The number of fused-ring (bicyclic) bond motifs is 1. The third-order valence-electron chi connectivity index (χ3n) is 3.09. The molecule has 2 rings (SSSR count). The Morgan fingerprint density at radius 1 is 1.08 bits per heavy atom. The van der Waals surface area contributed by atoms with Crippen molar-refractivity contribution in [2.24, 2.45) is 0 Å². The summed E-state index contributed by atoms with van der Waals surface area (Å²) in [6, 6.07) is 7.08. The smallest absolute Gasteiger partial charge is 0.327 e. The lowest BCUT2D eigenvalue weighted by atomic mass is 10.2. The molecule has 0 saturated heterocycles. The van der Waals surface area contributed by atoms with Gasteiger partial charge >= 0.3 is 11.8 Å². The summed E-state index contributed by atoms with van der Waals surface area (Å²) in [6.45, 7) is 2.99. The number of hydrogen-bond donors (Lipinski definition) is 4. The van der Waals surface area contributed by atoms with Crippen LogP contribution >= 0.6 is 22.9 Å². The van der Waals surface area contributed by atoms with Gasteiger partial charge in [-0.3, -0.25) is 30.0 Å². The van der Waals surface area contributed by atoms with E-state index in [4.69, 9.17) is 11.6 Å². The number of hydrogen-bond acceptors (Lipinski definition) is 5. The minimum absolute atomic E-state index is 0.214. The molecule has 0 spiro atoms. The van der Waals surface area contributed by atoms with Crippen LogP contribution in [0.3, 0.4) is 0 Å². The van der Waals surface area contributed by atoms with Crippen LogP contribution in [-0.2, 0) is 14.4 Å². The van der Waals surface area contributed by atoms with Crippen molar-refractivity contribution in [2.75, 3.05) is 6.54 Å². The molecule has 138 valence electrons. The molecule has 4 amide bonds. The zero-order valence-corrected chi connectivity index (χ0v) is 15.6. The molecule has 0 aliphatic carbocycles. The Balaban J connectivity index is 1.85. The molecule has 0 aliphatic rings. The summed E-state index contributed by atoms with van der Waals surface area (Å²) in [5.74, 6) is -3.08. The van der Waals surface area contributed by atoms with Crippen molar-refractivity contribution in [3.05, 3.63) is 34.2 Å². The number of rotatable bonds is 4. The van der Waals surface area contributed by atoms with E-state index >= 15 is 0 Å². The summed E-state index contributed by atoms with van der Waals surface area (Å²) in [7, 11) is 0. The van der Waals surface area contributed by atoms with Crippen LogP contribution in [0, 0.1) is 0 Å². The average molecular weight is 397 g/mol. The van der Waals surface area contributed by atoms with Gasteiger partial charge in [-0.25, -0.2) is 0 Å². The molecule has 0 radical (unpaired) electrons. The van der Waals surface area contributed by atoms with Gasteiger partial charge < -0.3 is 10.6 Å². The number of hydrazine groups is 1. The van der Waals surface area contributed by atoms with Crippen molar-refractivity contribution in [1.82, 2.24) is 21.5 Å². The molecule has 10 heteroatoms. The summed E-state index contributed by atoms with van der Waals surface area (Å²) in [6.07, 6.45) is 0. The summed E-state index contributed by atoms with van der Waals surface area (Å²) in [5, 5.41) is 5.86. The highest BCUT2D eigenvalue weighted by Crippen LogP contribution is 2.34. The normalized spacial score (nSPS) is 10.5. The Morgan fingerprint density at radius 2 is 1.77 bits per heavy atom. The molecule has 0 saturated carbocycles. The molecule has 1 aromatic heterocycles. The maximum absolute atomic E-state index is 12.2. The molecule has 4 N–H and O–H groups in total. The van der Waals surface area contributed by atoms with Crippen molar-refractivity contribution in [2.45, 2.75) is 19.9 Å². The zero-order valence-electron chi connectivity index (χ0n) is 14.0. The van der Waals surface area contributed by atoms with Crippen LogP contribution < -0.4 is 21.5 Å². The number of thiophene rings is 1. The standard InChI is InChI=1S/C16H17ClN4O4S/c1-8(2)19-15(24)16(25)21-20-11(22)7-18-14(23)13-12(17)9-5-3-4-6-10(9)26-13/h3-6,8H,7H2,1-2H3,(H,18,23)(H,19,24)(H,20,22)(H,21,25). The van der Waals surface area contributed by atoms with E-state index in [1.807, 2.05) is 29.1 Å². The molecule has 2 aromatic rings. The summed E-state index contributed by atoms with van der Waals surface area (Å²) in [4.78, 5) is 47.0. The minimum atomic E-state index is -1.01. The van der Waals surface area contributed by atoms with E-state index in [-0.39, 0.29) is 6.04 Å². The average Bonchev–Trinajstić information content (AvgIpc) is 2.94. The number of nitrogens with one attached hydrogen (secondary N) is 4. The van der Waals surface area contributed by atoms with Gasteiger partial charge in [-0.15, -0.1) is 11.3 Å². The Bertz CT molecular complexity index is 865. The van der Waals surface area contributed by atoms with Crippen LogP contribution in [0.2, 0.25) is 5.02 Å². The van der Waals surface area contributed by atoms with Crippen LogP contribution in [0.25, 0.3) is 10.1 Å². The largest absolute Gasteiger partial charge is 0.346 e. The third kappa shape index (κ3) is 4.93. The maximum Gasteiger partial charge on any atom is 0.327 e. The van der Waals surface area contributed by atoms with Crippen LogP contribution in [0.5, 0.6) is 0 Å². The monoisotopic (exact) mass is 396 g/mol. The summed E-state index contributed by atoms with van der Waals surface area (Å²) in [5.41, 5.74) is 4.00. The number of halogens is 1. The van der Waals surface area contributed by atoms with E-state index in [0.717, 1.165) is 10.1 Å². The van der Waals surface area contributed by atoms with Crippen molar-refractivity contribution in [3.8, 4) is 0 Å². The van der Waals surface area contributed by atoms with Crippen molar-refractivity contribution in [1.29, 1.82) is 0 Å². The molecule has 0 fully saturated rings. The molecule has 0 atom stereocenters. The Morgan fingerprint density at radius 3 is 2.42 bits per heavy atom. The molecule has 0 aliphatic heterocycles. The third-order valence-corrected chi connectivity index (χ3v) is 4.77. The lowest BCUT2D eigenvalue weighted by Gasteiger charge is -2.10. The fourth-order valence-electron chi connectivity index (χ4n) is 1.96. The van der Waals surface area contributed by atoms with Gasteiger partial charge in [-0.05, 0) is 19.9 Å². The van der Waals surface area contributed by atoms with Crippen LogP contribution in [-0.4, -0.2) is 36.2 Å². The van der Waals surface area contributed by atoms with Crippen LogP contribution in [0.15, 0.2) is 24.3 Å². The fourth-order valence-corrected chi connectivity index (χ4v) is 3.39. The quantitative estimate of drug-likeness (QED) is 0.455. The van der Waals surface area contributed by atoms with Crippen molar-refractivity contribution >= 4 is 56.7 Å². The number of carbonyl (C=O) groups excluding carboxylic acids is 4. The fraction of sp³-hybridized carbons (Fsp3) is 0.250. The second kappa shape index (κ2) is 8.63. The van der Waals surface area contributed by atoms with Gasteiger partial charge in [-0.1, -0.05) is 29.8 Å². The molecule has 8 nitrogen and oxygen atoms in total. The lowest BCUT2D eigenvalue weighted by Crippen LogP contribution is -2.51. The van der Waals surface area contributed by atoms with E-state index < -0.39 is 30.2 Å². The van der Waals surface area contributed by atoms with Gasteiger partial charge in [0.25, 0.3) is 11.8 Å². The highest BCUT2D eigenvalue weighted by Gasteiger charge is 2.18. The predicted molar refractivity (Wildman–Crippen MR) is 98.7 cm³/mol. The van der Waals surface area contributed by atoms with Crippen LogP contribution in [0.1, 0.15) is 23.5 Å². The highest BCUT2D eigenvalue weighted by atomic mass is 35.5. The predicted octanol–water partition coefficient (Wildman–Crippen LogP) is 0.957. The molecule has 0 unspecified atom stereocenters. The summed E-state index contributed by atoms with van der Waals surface area (Å²) < 4.78 is 0.857. The van der Waals surface area contributed by atoms with E-state index in [2.05, 4.69) is 10.6 Å². The molecular formula is C16H17ClN4O4S. The topological polar surface area (TPSA) is 116 Å². The highest BCUT2D eigenvalue weighted by molar-refractivity contribution is 7.21. The Hall–Kier alpha value is -2.65. The first-order chi connectivity index (χ1) is 12.3. The Labute approximate surface area is 158 Å². The van der Waals surface area contributed by atoms with Crippen molar-refractivity contribution in [3.63, 3.8) is 0 Å². The molecule has 1 heterocycles. The minimum Gasteiger partial charge on any atom is -0.346 e. The first kappa shape index (κ1) is 19.7. The lowest BCUT2D eigenvalue weighted by molar-refractivity contribution is -0.141. The Kier molecular flexibility index (Phi) is 6.53. The van der Waals surface area contributed by atoms with Gasteiger partial charge in [0.15, 0.2) is 0 Å². The number of amides is 4. The van der Waals surface area contributed by atoms with E-state index in [0.29, 0.717) is 9.90 Å². The molecule has 0 bridgehead atoms. The van der Waals surface area contributed by atoms with Gasteiger partial charge in [0, 0.05) is 16.1 Å². The molecule has 1 aromatic carbocycles.